The predicted molar refractivity (Wildman–Crippen MR) is 80.4 cm³/mol. The number of nitrogens with one attached hydrogen (secondary N) is 1. The van der Waals surface area contributed by atoms with Crippen molar-refractivity contribution in [3.63, 3.8) is 0 Å². The zero-order chi connectivity index (χ0) is 17.2. The van der Waals surface area contributed by atoms with Crippen molar-refractivity contribution in [1.29, 1.82) is 0 Å². The molecule has 1 N–H and O–H groups in total. The van der Waals surface area contributed by atoms with E-state index in [1.165, 1.54) is 6.07 Å². The lowest BCUT2D eigenvalue weighted by Crippen LogP contribution is -2.05. The first-order valence-electron chi connectivity index (χ1n) is 6.76. The second-order valence-corrected chi connectivity index (χ2v) is 5.29. The van der Waals surface area contributed by atoms with Crippen molar-refractivity contribution in [3.8, 4) is 17.1 Å². The van der Waals surface area contributed by atoms with Crippen molar-refractivity contribution >= 4 is 11.6 Å². The van der Waals surface area contributed by atoms with Crippen molar-refractivity contribution in [3.05, 3.63) is 58.6 Å². The standard InChI is InChI=1S/C15H10ClF3N4O/c16-12-7-11(15(17,18)19)5-6-13(12)24-8-9-1-3-10(4-2-9)14-20-22-23-21-14/h1-7H,8H2,(H,20,21,22,23). The number of hydrogen-bond donors (Lipinski definition) is 1. The summed E-state index contributed by atoms with van der Waals surface area (Å²) in [6.45, 7) is 0.167. The lowest BCUT2D eigenvalue weighted by Gasteiger charge is -2.11. The number of rotatable bonds is 4. The van der Waals surface area contributed by atoms with Crippen LogP contribution in [0.15, 0.2) is 42.5 Å². The van der Waals surface area contributed by atoms with E-state index in [1.54, 1.807) is 24.3 Å². The fourth-order valence-corrected chi connectivity index (χ4v) is 2.23. The molecule has 0 saturated carbocycles. The Morgan fingerprint density at radius 2 is 1.83 bits per heavy atom. The molecule has 1 heterocycles. The van der Waals surface area contributed by atoms with Crippen LogP contribution in [-0.4, -0.2) is 20.6 Å². The summed E-state index contributed by atoms with van der Waals surface area (Å²) in [6, 6.07) is 10.2. The smallest absolute Gasteiger partial charge is 0.416 e. The van der Waals surface area contributed by atoms with Crippen LogP contribution in [0.5, 0.6) is 5.75 Å². The summed E-state index contributed by atoms with van der Waals surface area (Å²) in [6.07, 6.45) is -4.44. The van der Waals surface area contributed by atoms with Crippen LogP contribution in [0.25, 0.3) is 11.4 Å². The van der Waals surface area contributed by atoms with Gasteiger partial charge in [0.2, 0.25) is 0 Å². The van der Waals surface area contributed by atoms with Crippen LogP contribution in [0.1, 0.15) is 11.1 Å². The second kappa shape index (κ2) is 6.48. The van der Waals surface area contributed by atoms with Crippen LogP contribution < -0.4 is 4.74 Å². The SMILES string of the molecule is FC(F)(F)c1ccc(OCc2ccc(-c3nnn[nH]3)cc2)c(Cl)c1. The maximum Gasteiger partial charge on any atom is 0.416 e. The fraction of sp³-hybridized carbons (Fsp3) is 0.133. The molecule has 3 rings (SSSR count). The van der Waals surface area contributed by atoms with Crippen LogP contribution in [0, 0.1) is 0 Å². The summed E-state index contributed by atoms with van der Waals surface area (Å²) in [5.74, 6) is 0.724. The van der Waals surface area contributed by atoms with Gasteiger partial charge in [0, 0.05) is 5.56 Å². The normalized spacial score (nSPS) is 11.5. The molecule has 0 amide bonds. The highest BCUT2D eigenvalue weighted by atomic mass is 35.5. The number of tetrazole rings is 1. The summed E-state index contributed by atoms with van der Waals surface area (Å²) >= 11 is 5.84. The minimum atomic E-state index is -4.44. The van der Waals surface area contributed by atoms with Gasteiger partial charge in [0.05, 0.1) is 10.6 Å². The molecule has 0 fully saturated rings. The van der Waals surface area contributed by atoms with E-state index in [2.05, 4.69) is 20.6 Å². The zero-order valence-corrected chi connectivity index (χ0v) is 12.8. The molecule has 0 saturated heterocycles. The second-order valence-electron chi connectivity index (χ2n) is 4.88. The van der Waals surface area contributed by atoms with Crippen molar-refractivity contribution in [2.45, 2.75) is 12.8 Å². The Bertz CT molecular complexity index is 820. The Labute approximate surface area is 139 Å². The molecule has 3 aromatic rings. The highest BCUT2D eigenvalue weighted by Gasteiger charge is 2.31. The lowest BCUT2D eigenvalue weighted by molar-refractivity contribution is -0.137. The molecule has 0 aliphatic carbocycles. The monoisotopic (exact) mass is 354 g/mol. The Kier molecular flexibility index (Phi) is 4.39. The van der Waals surface area contributed by atoms with Gasteiger partial charge in [-0.2, -0.15) is 13.2 Å². The molecule has 2 aromatic carbocycles. The molecule has 5 nitrogen and oxygen atoms in total. The third-order valence-corrected chi connectivity index (χ3v) is 3.52. The lowest BCUT2D eigenvalue weighted by atomic mass is 10.1. The summed E-state index contributed by atoms with van der Waals surface area (Å²) in [4.78, 5) is 0. The van der Waals surface area contributed by atoms with E-state index in [1.807, 2.05) is 0 Å². The van der Waals surface area contributed by atoms with Gasteiger partial charge in [0.25, 0.3) is 0 Å². The molecular weight excluding hydrogens is 345 g/mol. The molecule has 0 spiro atoms. The molecule has 0 bridgehead atoms. The molecule has 0 aliphatic rings. The first-order chi connectivity index (χ1) is 11.4. The van der Waals surface area contributed by atoms with Gasteiger partial charge >= 0.3 is 6.18 Å². The van der Waals surface area contributed by atoms with Gasteiger partial charge < -0.3 is 4.74 Å². The molecule has 0 radical (unpaired) electrons. The van der Waals surface area contributed by atoms with Gasteiger partial charge in [-0.25, -0.2) is 5.10 Å². The Hall–Kier alpha value is -2.61. The number of nitrogens with zero attached hydrogens (tertiary/aromatic N) is 3. The van der Waals surface area contributed by atoms with E-state index in [9.17, 15) is 13.2 Å². The van der Waals surface area contributed by atoms with Gasteiger partial charge in [0.1, 0.15) is 12.4 Å². The van der Waals surface area contributed by atoms with Gasteiger partial charge in [-0.3, -0.25) is 0 Å². The number of benzene rings is 2. The van der Waals surface area contributed by atoms with Crippen molar-refractivity contribution in [1.82, 2.24) is 20.6 Å². The average molecular weight is 355 g/mol. The largest absolute Gasteiger partial charge is 0.487 e. The highest BCUT2D eigenvalue weighted by molar-refractivity contribution is 6.32. The quantitative estimate of drug-likeness (QED) is 0.765. The summed E-state index contributed by atoms with van der Waals surface area (Å²) in [5, 5.41) is 13.3. The van der Waals surface area contributed by atoms with Crippen molar-refractivity contribution < 1.29 is 17.9 Å². The van der Waals surface area contributed by atoms with Crippen molar-refractivity contribution in [2.75, 3.05) is 0 Å². The Balaban J connectivity index is 1.67. The van der Waals surface area contributed by atoms with E-state index in [0.29, 0.717) is 5.82 Å². The Morgan fingerprint density at radius 3 is 2.42 bits per heavy atom. The fourth-order valence-electron chi connectivity index (χ4n) is 2.00. The molecule has 0 atom stereocenters. The van der Waals surface area contributed by atoms with E-state index in [4.69, 9.17) is 16.3 Å². The number of ether oxygens (including phenoxy) is 1. The molecule has 24 heavy (non-hydrogen) atoms. The van der Waals surface area contributed by atoms with E-state index < -0.39 is 11.7 Å². The number of alkyl halides is 3. The van der Waals surface area contributed by atoms with Gasteiger partial charge in [-0.1, -0.05) is 35.9 Å². The number of aromatic amines is 1. The van der Waals surface area contributed by atoms with Crippen LogP contribution in [0.2, 0.25) is 5.02 Å². The number of halogens is 4. The number of hydrogen-bond acceptors (Lipinski definition) is 4. The first kappa shape index (κ1) is 16.3. The zero-order valence-electron chi connectivity index (χ0n) is 12.0. The topological polar surface area (TPSA) is 63.7 Å². The minimum Gasteiger partial charge on any atom is -0.487 e. The number of aromatic nitrogens is 4. The van der Waals surface area contributed by atoms with Crippen LogP contribution in [0.4, 0.5) is 13.2 Å². The maximum atomic E-state index is 12.6. The van der Waals surface area contributed by atoms with E-state index in [0.717, 1.165) is 23.3 Å². The molecule has 0 aliphatic heterocycles. The highest BCUT2D eigenvalue weighted by Crippen LogP contribution is 2.34. The van der Waals surface area contributed by atoms with Gasteiger partial charge in [0.15, 0.2) is 5.82 Å². The summed E-state index contributed by atoms with van der Waals surface area (Å²) in [7, 11) is 0. The predicted octanol–water partition coefficient (Wildman–Crippen LogP) is 4.12. The third kappa shape index (κ3) is 3.65. The number of H-pyrrole nitrogens is 1. The molecule has 124 valence electrons. The summed E-state index contributed by atoms with van der Waals surface area (Å²) < 4.78 is 43.2. The van der Waals surface area contributed by atoms with Crippen LogP contribution in [0.3, 0.4) is 0 Å². The minimum absolute atomic E-state index is 0.0887. The Morgan fingerprint density at radius 1 is 1.08 bits per heavy atom. The van der Waals surface area contributed by atoms with Crippen LogP contribution >= 0.6 is 11.6 Å². The molecular formula is C15H10ClF3N4O. The van der Waals surface area contributed by atoms with Gasteiger partial charge in [-0.15, -0.1) is 5.10 Å². The molecule has 1 aromatic heterocycles. The van der Waals surface area contributed by atoms with E-state index >= 15 is 0 Å². The third-order valence-electron chi connectivity index (χ3n) is 3.23. The molecule has 0 unspecified atom stereocenters. The van der Waals surface area contributed by atoms with Crippen LogP contribution in [-0.2, 0) is 12.8 Å². The first-order valence-corrected chi connectivity index (χ1v) is 7.14. The average Bonchev–Trinajstić information content (AvgIpc) is 3.08. The van der Waals surface area contributed by atoms with Crippen molar-refractivity contribution in [2.24, 2.45) is 0 Å². The van der Waals surface area contributed by atoms with Gasteiger partial charge in [-0.05, 0) is 34.2 Å². The molecule has 9 heteroatoms. The maximum absolute atomic E-state index is 12.6. The summed E-state index contributed by atoms with van der Waals surface area (Å²) in [5.41, 5.74) is 0.809. The van der Waals surface area contributed by atoms with E-state index in [-0.39, 0.29) is 17.4 Å².